The van der Waals surface area contributed by atoms with Crippen molar-refractivity contribution < 1.29 is 42.9 Å². The molecule has 1 spiro atoms. The standard InChI is InChI=1S/C53H81N9O9Si2/c1-10-43(63)60-25-27-71-52(33-60)18-22-58(23-19-52)50(67)57(8)46(35(3)4)48(65)55-30-44(64)62-21-13-17-53(73,56-62)49(66)70-34-51(6,7)29-41-40-28-37(59-24-26-69-38(31-59)32-72)15-16-42(40)61(11-2)47(41)39-14-12-20-54-45(39)36(5)68-9/h10,12,14-16,20,28,35-36,38,46,56H,1,11,13,17-19,21-27,29-34H2,2-9,72-73H3,(H,55,65)/t36-,38+,46-,53?/m0/s1. The average Bonchev–Trinajstić information content (AvgIpc) is 3.69. The first-order valence-electron chi connectivity index (χ1n) is 26.4. The summed E-state index contributed by atoms with van der Waals surface area (Å²) < 4.78 is 26.7. The molecule has 1 aromatic carbocycles. The van der Waals surface area contributed by atoms with Gasteiger partial charge in [-0.05, 0) is 99.9 Å². The first-order valence-corrected chi connectivity index (χ1v) is 28.8. The molecule has 3 aromatic rings. The minimum atomic E-state index is -1.06. The highest BCUT2D eigenvalue weighted by Crippen LogP contribution is 2.42. The highest BCUT2D eigenvalue weighted by Gasteiger charge is 2.44. The number of carbonyl (C=O) groups excluding carboxylic acids is 5. The van der Waals surface area contributed by atoms with Crippen molar-refractivity contribution in [1.29, 1.82) is 0 Å². The smallest absolute Gasteiger partial charge is 0.323 e. The van der Waals surface area contributed by atoms with Gasteiger partial charge in [-0.2, -0.15) is 0 Å². The minimum absolute atomic E-state index is 0.132. The number of hydrazine groups is 1. The molecule has 2 N–H and O–H groups in total. The number of aryl methyl sites for hydroxylation is 1. The molecule has 0 aliphatic carbocycles. The summed E-state index contributed by atoms with van der Waals surface area (Å²) in [5, 5.41) is 4.31. The Morgan fingerprint density at radius 2 is 1.81 bits per heavy atom. The van der Waals surface area contributed by atoms with Gasteiger partial charge in [0, 0.05) is 114 Å². The van der Waals surface area contributed by atoms with Crippen LogP contribution in [0, 0.1) is 11.3 Å². The van der Waals surface area contributed by atoms with Gasteiger partial charge in [0.25, 0.3) is 5.91 Å². The molecule has 0 bridgehead atoms. The van der Waals surface area contributed by atoms with Gasteiger partial charge in [-0.15, -0.1) is 0 Å². The predicted molar refractivity (Wildman–Crippen MR) is 289 cm³/mol. The van der Waals surface area contributed by atoms with Crippen LogP contribution in [0.15, 0.2) is 49.2 Å². The number of fused-ring (bicyclic) bond motifs is 1. The Balaban J connectivity index is 0.999. The zero-order valence-corrected chi connectivity index (χ0v) is 49.1. The summed E-state index contributed by atoms with van der Waals surface area (Å²) >= 11 is 0. The molecule has 20 heteroatoms. The Hall–Kier alpha value is -5.13. The van der Waals surface area contributed by atoms with Crippen molar-refractivity contribution in [3.63, 3.8) is 0 Å². The zero-order valence-electron chi connectivity index (χ0n) is 45.1. The highest BCUT2D eigenvalue weighted by molar-refractivity contribution is 6.27. The number of amides is 5. The molecule has 6 heterocycles. The van der Waals surface area contributed by atoms with E-state index in [4.69, 9.17) is 23.9 Å². The van der Waals surface area contributed by atoms with Gasteiger partial charge in [-0.3, -0.25) is 29.2 Å². The fraction of sp³-hybridized carbons (Fsp3) is 0.623. The van der Waals surface area contributed by atoms with Crippen molar-refractivity contribution >= 4 is 66.8 Å². The number of likely N-dealkylation sites (N-methyl/N-ethyl adjacent to an activating group) is 1. The molecule has 4 atom stereocenters. The molecule has 7 rings (SSSR count). The quantitative estimate of drug-likeness (QED) is 0.115. The second kappa shape index (κ2) is 23.6. The predicted octanol–water partition coefficient (Wildman–Crippen LogP) is 2.79. The van der Waals surface area contributed by atoms with E-state index < -0.39 is 40.0 Å². The normalized spacial score (nSPS) is 21.4. The maximum Gasteiger partial charge on any atom is 0.323 e. The topological polar surface area (TPSA) is 180 Å². The van der Waals surface area contributed by atoms with Crippen LogP contribution in [0.2, 0.25) is 6.04 Å². The van der Waals surface area contributed by atoms with Crippen LogP contribution in [-0.4, -0.2) is 189 Å². The summed E-state index contributed by atoms with van der Waals surface area (Å²) in [5.74, 6) is -1.63. The molecule has 0 saturated carbocycles. The molecule has 18 nitrogen and oxygen atoms in total. The molecule has 2 aromatic heterocycles. The first kappa shape index (κ1) is 55.6. The van der Waals surface area contributed by atoms with Gasteiger partial charge >= 0.3 is 12.0 Å². The van der Waals surface area contributed by atoms with Crippen molar-refractivity contribution in [2.24, 2.45) is 11.3 Å². The number of urea groups is 1. The van der Waals surface area contributed by atoms with Gasteiger partial charge in [0.05, 0.1) is 62.1 Å². The van der Waals surface area contributed by atoms with Crippen molar-refractivity contribution in [1.82, 2.24) is 40.0 Å². The minimum Gasteiger partial charge on any atom is -0.464 e. The number of piperidine rings is 1. The molecule has 4 saturated heterocycles. The van der Waals surface area contributed by atoms with E-state index in [0.717, 1.165) is 75.0 Å². The van der Waals surface area contributed by atoms with E-state index >= 15 is 0 Å². The van der Waals surface area contributed by atoms with Gasteiger partial charge in [0.15, 0.2) is 0 Å². The lowest BCUT2D eigenvalue weighted by atomic mass is 9.84. The third kappa shape index (κ3) is 12.4. The molecule has 0 radical (unpaired) electrons. The van der Waals surface area contributed by atoms with Crippen LogP contribution in [0.3, 0.4) is 0 Å². The van der Waals surface area contributed by atoms with Crippen LogP contribution in [0.1, 0.15) is 84.6 Å². The number of aromatic nitrogens is 2. The van der Waals surface area contributed by atoms with E-state index in [1.807, 2.05) is 33.0 Å². The molecule has 400 valence electrons. The molecule has 4 fully saturated rings. The number of hydrogen-bond donors (Lipinski definition) is 2. The van der Waals surface area contributed by atoms with Crippen LogP contribution in [0.5, 0.6) is 0 Å². The zero-order chi connectivity index (χ0) is 52.8. The molecule has 4 aliphatic heterocycles. The van der Waals surface area contributed by atoms with E-state index in [9.17, 15) is 24.0 Å². The van der Waals surface area contributed by atoms with Gasteiger partial charge in [0.1, 0.15) is 11.2 Å². The van der Waals surface area contributed by atoms with Crippen LogP contribution in [0.25, 0.3) is 22.2 Å². The SMILES string of the molecule is C=CC(=O)N1CCOC2(CCN(C(=O)N(C)[C@H](C(=O)NCC(=O)N3CCCC([SiH3])(C(=O)OCC(C)(C)Cc4c(-c5cccnc5[C@H](C)OC)n(CC)c5ccc(N6CCO[C@@H](C[SiH3])C6)cc45)N3)C(C)C)CC2)C1. The second-order valence-corrected chi connectivity index (χ2v) is 24.3. The van der Waals surface area contributed by atoms with Gasteiger partial charge < -0.3 is 48.4 Å². The number of pyridine rings is 1. The summed E-state index contributed by atoms with van der Waals surface area (Å²) in [4.78, 5) is 80.2. The number of nitrogens with zero attached hydrogens (tertiary/aromatic N) is 7. The van der Waals surface area contributed by atoms with Crippen LogP contribution < -0.4 is 15.6 Å². The summed E-state index contributed by atoms with van der Waals surface area (Å²) in [5.41, 5.74) is 8.57. The van der Waals surface area contributed by atoms with E-state index in [1.165, 1.54) is 16.0 Å². The number of anilines is 1. The monoisotopic (exact) mass is 1040 g/mol. The number of benzene rings is 1. The van der Waals surface area contributed by atoms with Gasteiger partial charge in [-0.25, -0.2) is 10.2 Å². The molecule has 4 aliphatic rings. The van der Waals surface area contributed by atoms with E-state index in [2.05, 4.69) is 71.8 Å². The Kier molecular flexibility index (Phi) is 18.0. The largest absolute Gasteiger partial charge is 0.464 e. The third-order valence-electron chi connectivity index (χ3n) is 15.4. The summed E-state index contributed by atoms with van der Waals surface area (Å²) in [7, 11) is 4.76. The number of ether oxygens (including phenoxy) is 4. The number of esters is 1. The fourth-order valence-electron chi connectivity index (χ4n) is 11.2. The fourth-order valence-corrected chi connectivity index (χ4v) is 12.4. The number of carbonyl (C=O) groups is 5. The van der Waals surface area contributed by atoms with E-state index in [-0.39, 0.29) is 43.2 Å². The molecular formula is C53H81N9O9Si2. The van der Waals surface area contributed by atoms with Gasteiger partial charge in [0.2, 0.25) is 11.8 Å². The van der Waals surface area contributed by atoms with Crippen LogP contribution in [-0.2, 0) is 51.1 Å². The van der Waals surface area contributed by atoms with Crippen molar-refractivity contribution in [3.05, 3.63) is 60.4 Å². The van der Waals surface area contributed by atoms with E-state index in [0.29, 0.717) is 88.3 Å². The van der Waals surface area contributed by atoms with Crippen LogP contribution in [0.4, 0.5) is 10.5 Å². The Bertz CT molecular complexity index is 2500. The lowest BCUT2D eigenvalue weighted by Gasteiger charge is -2.47. The summed E-state index contributed by atoms with van der Waals surface area (Å²) in [6.45, 7) is 21.3. The van der Waals surface area contributed by atoms with E-state index in [1.54, 1.807) is 24.0 Å². The lowest BCUT2D eigenvalue weighted by molar-refractivity contribution is -0.157. The van der Waals surface area contributed by atoms with Crippen molar-refractivity contribution in [2.75, 3.05) is 91.2 Å². The lowest BCUT2D eigenvalue weighted by Crippen LogP contribution is -2.66. The molecule has 5 amide bonds. The Morgan fingerprint density at radius 1 is 1.05 bits per heavy atom. The van der Waals surface area contributed by atoms with Crippen molar-refractivity contribution in [2.45, 2.75) is 115 Å². The summed E-state index contributed by atoms with van der Waals surface area (Å²) in [6, 6.07) is 10.8. The number of likely N-dealkylation sites (tertiary alicyclic amines) is 1. The number of morpholine rings is 2. The Labute approximate surface area is 437 Å². The second-order valence-electron chi connectivity index (χ2n) is 21.7. The molecule has 1 unspecified atom stereocenters. The van der Waals surface area contributed by atoms with Crippen molar-refractivity contribution in [3.8, 4) is 11.3 Å². The maximum atomic E-state index is 14.2. The average molecular weight is 1040 g/mol. The summed E-state index contributed by atoms with van der Waals surface area (Å²) in [6.07, 6.45) is 5.91. The highest BCUT2D eigenvalue weighted by atomic mass is 28.1. The number of hydrogen-bond acceptors (Lipinski definition) is 12. The first-order chi connectivity index (χ1) is 34.8. The Morgan fingerprint density at radius 3 is 2.49 bits per heavy atom. The third-order valence-corrected chi connectivity index (χ3v) is 17.5. The van der Waals surface area contributed by atoms with Gasteiger partial charge in [-0.1, -0.05) is 34.3 Å². The maximum absolute atomic E-state index is 14.2. The number of rotatable bonds is 17. The molecular weight excluding hydrogens is 963 g/mol. The molecule has 73 heavy (non-hydrogen) atoms. The van der Waals surface area contributed by atoms with Crippen LogP contribution >= 0.6 is 0 Å². The number of methoxy groups -OCH3 is 1. The number of nitrogens with one attached hydrogen (secondary N) is 2.